The molecule has 2 aromatic carbocycles. The van der Waals surface area contributed by atoms with Crippen LogP contribution in [0.1, 0.15) is 11.1 Å². The Morgan fingerprint density at radius 3 is 2.44 bits per heavy atom. The molecule has 0 unspecified atom stereocenters. The van der Waals surface area contributed by atoms with Crippen molar-refractivity contribution in [1.82, 2.24) is 0 Å². The molecule has 0 spiro atoms. The number of anilines is 1. The SMILES string of the molecule is N#Cc1ccc(NCc2cc(Cl)ccc2Cl)cc1. The van der Waals surface area contributed by atoms with Crippen LogP contribution in [0.3, 0.4) is 0 Å². The number of benzene rings is 2. The second-order valence-corrected chi connectivity index (χ2v) is 4.62. The van der Waals surface area contributed by atoms with Crippen LogP contribution in [0.4, 0.5) is 5.69 Å². The Kier molecular flexibility index (Phi) is 4.09. The van der Waals surface area contributed by atoms with Crippen molar-refractivity contribution in [3.8, 4) is 6.07 Å². The Morgan fingerprint density at radius 2 is 1.78 bits per heavy atom. The standard InChI is InChI=1S/C14H10Cl2N2/c15-12-3-6-14(16)11(7-12)9-18-13-4-1-10(8-17)2-5-13/h1-7,18H,9H2. The van der Waals surface area contributed by atoms with E-state index < -0.39 is 0 Å². The molecule has 0 amide bonds. The van der Waals surface area contributed by atoms with Gasteiger partial charge in [0, 0.05) is 22.3 Å². The van der Waals surface area contributed by atoms with Crippen LogP contribution < -0.4 is 5.32 Å². The molecule has 0 saturated carbocycles. The number of hydrogen-bond donors (Lipinski definition) is 1. The summed E-state index contributed by atoms with van der Waals surface area (Å²) in [5.74, 6) is 0. The van der Waals surface area contributed by atoms with Crippen LogP contribution in [0.15, 0.2) is 42.5 Å². The molecular weight excluding hydrogens is 267 g/mol. The molecule has 0 aliphatic heterocycles. The van der Waals surface area contributed by atoms with Gasteiger partial charge in [-0.15, -0.1) is 0 Å². The maximum Gasteiger partial charge on any atom is 0.0991 e. The summed E-state index contributed by atoms with van der Waals surface area (Å²) in [7, 11) is 0. The molecule has 90 valence electrons. The summed E-state index contributed by atoms with van der Waals surface area (Å²) in [4.78, 5) is 0. The Balaban J connectivity index is 2.07. The molecular formula is C14H10Cl2N2. The van der Waals surface area contributed by atoms with Gasteiger partial charge in [0.15, 0.2) is 0 Å². The van der Waals surface area contributed by atoms with Gasteiger partial charge in [-0.05, 0) is 48.0 Å². The Bertz CT molecular complexity index is 586. The summed E-state index contributed by atoms with van der Waals surface area (Å²) in [5, 5.41) is 13.3. The van der Waals surface area contributed by atoms with Gasteiger partial charge < -0.3 is 5.32 Å². The van der Waals surface area contributed by atoms with E-state index in [9.17, 15) is 0 Å². The summed E-state index contributed by atoms with van der Waals surface area (Å²) >= 11 is 12.0. The molecule has 0 aliphatic carbocycles. The predicted octanol–water partition coefficient (Wildman–Crippen LogP) is 4.48. The molecule has 0 bridgehead atoms. The number of hydrogen-bond acceptors (Lipinski definition) is 2. The van der Waals surface area contributed by atoms with Crippen LogP contribution in [0.5, 0.6) is 0 Å². The highest BCUT2D eigenvalue weighted by molar-refractivity contribution is 6.33. The fourth-order valence-electron chi connectivity index (χ4n) is 1.54. The second-order valence-electron chi connectivity index (χ2n) is 3.78. The van der Waals surface area contributed by atoms with E-state index in [1.54, 1.807) is 24.3 Å². The van der Waals surface area contributed by atoms with Gasteiger partial charge >= 0.3 is 0 Å². The van der Waals surface area contributed by atoms with E-state index in [1.807, 2.05) is 18.2 Å². The lowest BCUT2D eigenvalue weighted by Crippen LogP contribution is -2.00. The summed E-state index contributed by atoms with van der Waals surface area (Å²) in [6.45, 7) is 0.589. The van der Waals surface area contributed by atoms with E-state index in [2.05, 4.69) is 11.4 Å². The highest BCUT2D eigenvalue weighted by atomic mass is 35.5. The lowest BCUT2D eigenvalue weighted by atomic mass is 10.2. The highest BCUT2D eigenvalue weighted by Crippen LogP contribution is 2.21. The summed E-state index contributed by atoms with van der Waals surface area (Å²) in [6, 6.07) is 14.7. The van der Waals surface area contributed by atoms with Crippen molar-refractivity contribution >= 4 is 28.9 Å². The second kappa shape index (κ2) is 5.77. The van der Waals surface area contributed by atoms with Crippen molar-refractivity contribution in [2.24, 2.45) is 0 Å². The van der Waals surface area contributed by atoms with Gasteiger partial charge in [0.1, 0.15) is 0 Å². The first-order valence-electron chi connectivity index (χ1n) is 5.37. The van der Waals surface area contributed by atoms with E-state index in [0.717, 1.165) is 11.3 Å². The van der Waals surface area contributed by atoms with Gasteiger partial charge in [0.2, 0.25) is 0 Å². The predicted molar refractivity (Wildman–Crippen MR) is 74.9 cm³/mol. The minimum absolute atomic E-state index is 0.589. The third-order valence-corrected chi connectivity index (χ3v) is 3.11. The van der Waals surface area contributed by atoms with E-state index in [0.29, 0.717) is 22.2 Å². The number of nitriles is 1. The first-order valence-corrected chi connectivity index (χ1v) is 6.12. The van der Waals surface area contributed by atoms with E-state index in [1.165, 1.54) is 0 Å². The minimum Gasteiger partial charge on any atom is -0.381 e. The molecule has 0 saturated heterocycles. The van der Waals surface area contributed by atoms with Crippen LogP contribution in [-0.2, 0) is 6.54 Å². The van der Waals surface area contributed by atoms with Gasteiger partial charge in [0.25, 0.3) is 0 Å². The van der Waals surface area contributed by atoms with Crippen molar-refractivity contribution in [2.75, 3.05) is 5.32 Å². The zero-order valence-electron chi connectivity index (χ0n) is 9.45. The maximum absolute atomic E-state index is 8.70. The van der Waals surface area contributed by atoms with Gasteiger partial charge in [-0.1, -0.05) is 23.2 Å². The lowest BCUT2D eigenvalue weighted by Gasteiger charge is -2.08. The number of nitrogens with zero attached hydrogens (tertiary/aromatic N) is 1. The minimum atomic E-state index is 0.589. The van der Waals surface area contributed by atoms with Crippen LogP contribution in [-0.4, -0.2) is 0 Å². The Hall–Kier alpha value is -1.69. The van der Waals surface area contributed by atoms with Crippen molar-refractivity contribution in [3.05, 3.63) is 63.6 Å². The van der Waals surface area contributed by atoms with E-state index >= 15 is 0 Å². The average Bonchev–Trinajstić information content (AvgIpc) is 2.40. The molecule has 1 N–H and O–H groups in total. The van der Waals surface area contributed by atoms with Crippen LogP contribution in [0.25, 0.3) is 0 Å². The van der Waals surface area contributed by atoms with Crippen molar-refractivity contribution in [3.63, 3.8) is 0 Å². The molecule has 0 fully saturated rings. The van der Waals surface area contributed by atoms with E-state index in [4.69, 9.17) is 28.5 Å². The van der Waals surface area contributed by atoms with Crippen LogP contribution in [0.2, 0.25) is 10.0 Å². The number of nitrogens with one attached hydrogen (secondary N) is 1. The summed E-state index contributed by atoms with van der Waals surface area (Å²) in [6.07, 6.45) is 0. The van der Waals surface area contributed by atoms with Gasteiger partial charge in [-0.2, -0.15) is 5.26 Å². The molecule has 0 aliphatic rings. The quantitative estimate of drug-likeness (QED) is 0.898. The molecule has 2 aromatic rings. The molecule has 4 heteroatoms. The van der Waals surface area contributed by atoms with Crippen molar-refractivity contribution in [2.45, 2.75) is 6.54 Å². The molecule has 0 radical (unpaired) electrons. The molecule has 0 atom stereocenters. The van der Waals surface area contributed by atoms with Crippen molar-refractivity contribution in [1.29, 1.82) is 5.26 Å². The monoisotopic (exact) mass is 276 g/mol. The first kappa shape index (κ1) is 12.8. The normalized spacial score (nSPS) is 9.83. The molecule has 18 heavy (non-hydrogen) atoms. The van der Waals surface area contributed by atoms with Gasteiger partial charge in [-0.25, -0.2) is 0 Å². The zero-order chi connectivity index (χ0) is 13.0. The summed E-state index contributed by atoms with van der Waals surface area (Å²) < 4.78 is 0. The number of rotatable bonds is 3. The largest absolute Gasteiger partial charge is 0.381 e. The van der Waals surface area contributed by atoms with Crippen LogP contribution in [0, 0.1) is 11.3 Å². The van der Waals surface area contributed by atoms with Crippen molar-refractivity contribution < 1.29 is 0 Å². The molecule has 2 rings (SSSR count). The van der Waals surface area contributed by atoms with Gasteiger partial charge in [-0.3, -0.25) is 0 Å². The average molecular weight is 277 g/mol. The topological polar surface area (TPSA) is 35.8 Å². The smallest absolute Gasteiger partial charge is 0.0991 e. The van der Waals surface area contributed by atoms with E-state index in [-0.39, 0.29) is 0 Å². The Labute approximate surface area is 116 Å². The molecule has 0 aromatic heterocycles. The fraction of sp³-hybridized carbons (Fsp3) is 0.0714. The summed E-state index contributed by atoms with van der Waals surface area (Å²) in [5.41, 5.74) is 2.51. The van der Waals surface area contributed by atoms with Crippen LogP contribution >= 0.6 is 23.2 Å². The first-order chi connectivity index (χ1) is 8.69. The highest BCUT2D eigenvalue weighted by Gasteiger charge is 2.01. The number of halogens is 2. The zero-order valence-corrected chi connectivity index (χ0v) is 11.0. The third-order valence-electron chi connectivity index (χ3n) is 2.50. The third kappa shape index (κ3) is 3.16. The molecule has 2 nitrogen and oxygen atoms in total. The van der Waals surface area contributed by atoms with Gasteiger partial charge in [0.05, 0.1) is 11.6 Å². The fourth-order valence-corrected chi connectivity index (χ4v) is 1.92. The maximum atomic E-state index is 8.70. The Morgan fingerprint density at radius 1 is 1.06 bits per heavy atom. The molecule has 0 heterocycles. The lowest BCUT2D eigenvalue weighted by molar-refractivity contribution is 1.15.